The van der Waals surface area contributed by atoms with Gasteiger partial charge >= 0.3 is 0 Å². The molecular formula is C12H16N2O. The van der Waals surface area contributed by atoms with Crippen molar-refractivity contribution in [2.75, 3.05) is 13.2 Å². The molecule has 3 heteroatoms. The van der Waals surface area contributed by atoms with Crippen LogP contribution in [0.15, 0.2) is 30.8 Å². The lowest BCUT2D eigenvalue weighted by molar-refractivity contribution is 0.240. The average Bonchev–Trinajstić information content (AvgIpc) is 3.03. The summed E-state index contributed by atoms with van der Waals surface area (Å²) < 4.78 is 5.12. The lowest BCUT2D eigenvalue weighted by atomic mass is 10.1. The number of nitrogens with two attached hydrogens (primary N) is 1. The number of hydrazine groups is 1. The quantitative estimate of drug-likeness (QED) is 0.448. The summed E-state index contributed by atoms with van der Waals surface area (Å²) >= 11 is 0. The third-order valence-corrected chi connectivity index (χ3v) is 2.44. The third kappa shape index (κ3) is 3.16. The van der Waals surface area contributed by atoms with Crippen molar-refractivity contribution < 1.29 is 4.74 Å². The maximum absolute atomic E-state index is 5.85. The zero-order chi connectivity index (χ0) is 10.7. The fraction of sp³-hybridized carbons (Fsp3) is 0.333. The van der Waals surface area contributed by atoms with E-state index >= 15 is 0 Å². The molecule has 0 saturated carbocycles. The lowest BCUT2D eigenvalue weighted by Gasteiger charge is -2.14. The molecule has 0 amide bonds. The van der Waals surface area contributed by atoms with Gasteiger partial charge in [-0.05, 0) is 11.1 Å². The van der Waals surface area contributed by atoms with Gasteiger partial charge in [-0.25, -0.2) is 5.01 Å². The molecular weight excluding hydrogens is 188 g/mol. The molecule has 1 aromatic carbocycles. The van der Waals surface area contributed by atoms with Gasteiger partial charge in [-0.15, -0.1) is 0 Å². The topological polar surface area (TPSA) is 41.8 Å². The minimum atomic E-state index is 0.349. The summed E-state index contributed by atoms with van der Waals surface area (Å²) in [4.78, 5) is 0. The van der Waals surface area contributed by atoms with Crippen LogP contribution in [0.5, 0.6) is 0 Å². The normalized spacial score (nSPS) is 19.2. The summed E-state index contributed by atoms with van der Waals surface area (Å²) in [5, 5.41) is 1.79. The van der Waals surface area contributed by atoms with Crippen LogP contribution in [0.4, 0.5) is 0 Å². The zero-order valence-corrected chi connectivity index (χ0v) is 8.73. The molecule has 0 aliphatic carbocycles. The van der Waals surface area contributed by atoms with Gasteiger partial charge in [0.05, 0.1) is 12.7 Å². The average molecular weight is 204 g/mol. The molecule has 1 aliphatic heterocycles. The molecule has 1 saturated heterocycles. The second-order valence-corrected chi connectivity index (χ2v) is 3.83. The minimum Gasteiger partial charge on any atom is -0.372 e. The third-order valence-electron chi connectivity index (χ3n) is 2.44. The van der Waals surface area contributed by atoms with E-state index in [0.29, 0.717) is 6.10 Å². The fourth-order valence-corrected chi connectivity index (χ4v) is 1.49. The highest BCUT2D eigenvalue weighted by Gasteiger charge is 2.24. The second-order valence-electron chi connectivity index (χ2n) is 3.83. The molecule has 1 aliphatic rings. The molecule has 0 aromatic heterocycles. The van der Waals surface area contributed by atoms with Crippen molar-refractivity contribution in [3.05, 3.63) is 42.0 Å². The Morgan fingerprint density at radius 2 is 2.13 bits per heavy atom. The molecule has 0 bridgehead atoms. The van der Waals surface area contributed by atoms with E-state index in [9.17, 15) is 0 Å². The summed E-state index contributed by atoms with van der Waals surface area (Å²) in [6, 6.07) is 8.24. The van der Waals surface area contributed by atoms with E-state index in [0.717, 1.165) is 25.3 Å². The molecule has 0 spiro atoms. The van der Waals surface area contributed by atoms with Crippen molar-refractivity contribution in [3.8, 4) is 0 Å². The van der Waals surface area contributed by atoms with Crippen LogP contribution >= 0.6 is 0 Å². The van der Waals surface area contributed by atoms with Gasteiger partial charge in [0.25, 0.3) is 0 Å². The molecule has 1 aromatic rings. The Morgan fingerprint density at radius 1 is 1.47 bits per heavy atom. The number of epoxide rings is 1. The monoisotopic (exact) mass is 204 g/mol. The first-order valence-corrected chi connectivity index (χ1v) is 5.10. The number of ether oxygens (including phenoxy) is 1. The van der Waals surface area contributed by atoms with E-state index in [4.69, 9.17) is 10.6 Å². The molecule has 0 radical (unpaired) electrons. The van der Waals surface area contributed by atoms with Gasteiger partial charge in [0.1, 0.15) is 0 Å². The standard InChI is InChI=1S/C12H16N2O/c1-2-10-3-5-11(6-4-10)7-14(13)8-12-9-15-12/h2-6,12H,1,7-9,13H2. The summed E-state index contributed by atoms with van der Waals surface area (Å²) in [6.45, 7) is 6.14. The minimum absolute atomic E-state index is 0.349. The van der Waals surface area contributed by atoms with Crippen LogP contribution in [0.2, 0.25) is 0 Å². The highest BCUT2D eigenvalue weighted by atomic mass is 16.6. The fourth-order valence-electron chi connectivity index (χ4n) is 1.49. The summed E-state index contributed by atoms with van der Waals surface area (Å²) in [5.41, 5.74) is 2.34. The van der Waals surface area contributed by atoms with Gasteiger partial charge in [-0.3, -0.25) is 5.84 Å². The summed E-state index contributed by atoms with van der Waals surface area (Å²) in [5.74, 6) is 5.85. The summed E-state index contributed by atoms with van der Waals surface area (Å²) in [6.07, 6.45) is 2.18. The molecule has 1 atom stereocenters. The van der Waals surface area contributed by atoms with Gasteiger partial charge in [0, 0.05) is 13.1 Å². The molecule has 3 nitrogen and oxygen atoms in total. The molecule has 1 heterocycles. The number of nitrogens with zero attached hydrogens (tertiary/aromatic N) is 1. The van der Waals surface area contributed by atoms with Crippen LogP contribution in [-0.4, -0.2) is 24.3 Å². The number of benzene rings is 1. The second kappa shape index (κ2) is 4.57. The van der Waals surface area contributed by atoms with Crippen molar-refractivity contribution in [1.29, 1.82) is 0 Å². The van der Waals surface area contributed by atoms with Crippen LogP contribution < -0.4 is 5.84 Å². The van der Waals surface area contributed by atoms with Crippen LogP contribution in [0, 0.1) is 0 Å². The van der Waals surface area contributed by atoms with E-state index in [1.807, 2.05) is 18.2 Å². The Balaban J connectivity index is 1.88. The van der Waals surface area contributed by atoms with Crippen LogP contribution in [0.1, 0.15) is 11.1 Å². The molecule has 1 fully saturated rings. The van der Waals surface area contributed by atoms with Gasteiger partial charge < -0.3 is 4.74 Å². The smallest absolute Gasteiger partial charge is 0.0950 e. The molecule has 2 N–H and O–H groups in total. The first-order valence-electron chi connectivity index (χ1n) is 5.10. The van der Waals surface area contributed by atoms with E-state index in [-0.39, 0.29) is 0 Å². The predicted molar refractivity (Wildman–Crippen MR) is 60.9 cm³/mol. The Morgan fingerprint density at radius 3 is 2.67 bits per heavy atom. The van der Waals surface area contributed by atoms with Crippen molar-refractivity contribution in [1.82, 2.24) is 5.01 Å². The van der Waals surface area contributed by atoms with Gasteiger partial charge in [0.2, 0.25) is 0 Å². The molecule has 15 heavy (non-hydrogen) atoms. The van der Waals surface area contributed by atoms with Crippen molar-refractivity contribution >= 4 is 6.08 Å². The highest BCUT2D eigenvalue weighted by molar-refractivity contribution is 5.47. The number of hydrogen-bond acceptors (Lipinski definition) is 3. The van der Waals surface area contributed by atoms with Gasteiger partial charge in [-0.1, -0.05) is 36.9 Å². The van der Waals surface area contributed by atoms with Crippen LogP contribution in [-0.2, 0) is 11.3 Å². The molecule has 2 rings (SSSR count). The SMILES string of the molecule is C=Cc1ccc(CN(N)CC2CO2)cc1. The Bertz CT molecular complexity index is 330. The molecule has 80 valence electrons. The van der Waals surface area contributed by atoms with E-state index in [2.05, 4.69) is 18.7 Å². The maximum atomic E-state index is 5.85. The molecule has 1 unspecified atom stereocenters. The van der Waals surface area contributed by atoms with E-state index in [1.54, 1.807) is 5.01 Å². The predicted octanol–water partition coefficient (Wildman–Crippen LogP) is 1.40. The Hall–Kier alpha value is -1.16. The largest absolute Gasteiger partial charge is 0.372 e. The van der Waals surface area contributed by atoms with Crippen molar-refractivity contribution in [2.24, 2.45) is 5.84 Å². The first-order chi connectivity index (χ1) is 7.28. The summed E-state index contributed by atoms with van der Waals surface area (Å²) in [7, 11) is 0. The van der Waals surface area contributed by atoms with Crippen molar-refractivity contribution in [3.63, 3.8) is 0 Å². The van der Waals surface area contributed by atoms with Crippen molar-refractivity contribution in [2.45, 2.75) is 12.6 Å². The van der Waals surface area contributed by atoms with Gasteiger partial charge in [0.15, 0.2) is 0 Å². The number of rotatable bonds is 5. The van der Waals surface area contributed by atoms with Gasteiger partial charge in [-0.2, -0.15) is 0 Å². The Kier molecular flexibility index (Phi) is 3.16. The lowest BCUT2D eigenvalue weighted by Crippen LogP contribution is -2.33. The van der Waals surface area contributed by atoms with Crippen LogP contribution in [0.25, 0.3) is 6.08 Å². The zero-order valence-electron chi connectivity index (χ0n) is 8.73. The maximum Gasteiger partial charge on any atom is 0.0950 e. The van der Waals surface area contributed by atoms with E-state index < -0.39 is 0 Å². The highest BCUT2D eigenvalue weighted by Crippen LogP contribution is 2.11. The van der Waals surface area contributed by atoms with Crippen LogP contribution in [0.3, 0.4) is 0 Å². The number of hydrogen-bond donors (Lipinski definition) is 1. The Labute approximate surface area is 90.1 Å². The first kappa shape index (κ1) is 10.4. The van der Waals surface area contributed by atoms with E-state index in [1.165, 1.54) is 5.56 Å².